The van der Waals surface area contributed by atoms with E-state index in [-0.39, 0.29) is 17.2 Å². The highest BCUT2D eigenvalue weighted by atomic mass is 32.2. The Labute approximate surface area is 184 Å². The molecule has 2 heterocycles. The van der Waals surface area contributed by atoms with Crippen LogP contribution in [-0.2, 0) is 11.3 Å². The van der Waals surface area contributed by atoms with E-state index in [9.17, 15) is 9.59 Å². The van der Waals surface area contributed by atoms with Crippen LogP contribution in [0, 0.1) is 0 Å². The van der Waals surface area contributed by atoms with Gasteiger partial charge < -0.3 is 24.1 Å². The number of furan rings is 1. The first-order valence-corrected chi connectivity index (χ1v) is 10.7. The molecule has 0 radical (unpaired) electrons. The molecular weight excluding hydrogens is 416 g/mol. The lowest BCUT2D eigenvalue weighted by Gasteiger charge is -2.23. The molecule has 2 amide bonds. The minimum Gasteiger partial charge on any atom is -0.497 e. The van der Waals surface area contributed by atoms with Crippen LogP contribution in [0.15, 0.2) is 65.3 Å². The van der Waals surface area contributed by atoms with Gasteiger partial charge in [0.2, 0.25) is 5.91 Å². The molecule has 1 aliphatic rings. The van der Waals surface area contributed by atoms with E-state index in [1.54, 1.807) is 67.5 Å². The number of rotatable bonds is 7. The highest BCUT2D eigenvalue weighted by molar-refractivity contribution is 8.00. The Morgan fingerprint density at radius 3 is 2.65 bits per heavy atom. The summed E-state index contributed by atoms with van der Waals surface area (Å²) in [4.78, 5) is 26.9. The first-order chi connectivity index (χ1) is 15.1. The SMILES string of the molecule is COc1ccc(OC)c(NC(=O)c2ccc(C3SCC(=O)N3Cc3ccco3)cc2)c1. The van der Waals surface area contributed by atoms with Gasteiger partial charge in [0.25, 0.3) is 5.91 Å². The molecule has 0 saturated carbocycles. The fourth-order valence-corrected chi connectivity index (χ4v) is 4.56. The number of carbonyl (C=O) groups excluding carboxylic acids is 2. The molecule has 0 aliphatic carbocycles. The molecule has 4 rings (SSSR count). The Morgan fingerprint density at radius 1 is 1.16 bits per heavy atom. The lowest BCUT2D eigenvalue weighted by Crippen LogP contribution is -2.27. The fraction of sp³-hybridized carbons (Fsp3) is 0.217. The number of methoxy groups -OCH3 is 2. The van der Waals surface area contributed by atoms with Crippen molar-refractivity contribution < 1.29 is 23.5 Å². The number of hydrogen-bond donors (Lipinski definition) is 1. The third-order valence-corrected chi connectivity index (χ3v) is 6.24. The van der Waals surface area contributed by atoms with Crippen molar-refractivity contribution in [2.24, 2.45) is 0 Å². The summed E-state index contributed by atoms with van der Waals surface area (Å²) in [6.07, 6.45) is 1.60. The van der Waals surface area contributed by atoms with Crippen LogP contribution >= 0.6 is 11.8 Å². The van der Waals surface area contributed by atoms with Crippen LogP contribution < -0.4 is 14.8 Å². The Bertz CT molecular complexity index is 1070. The Balaban J connectivity index is 1.49. The molecule has 7 nitrogen and oxygen atoms in total. The quantitative estimate of drug-likeness (QED) is 0.592. The lowest BCUT2D eigenvalue weighted by molar-refractivity contribution is -0.128. The van der Waals surface area contributed by atoms with Gasteiger partial charge in [-0.1, -0.05) is 12.1 Å². The van der Waals surface area contributed by atoms with Crippen molar-refractivity contribution in [2.45, 2.75) is 11.9 Å². The third-order valence-electron chi connectivity index (χ3n) is 4.99. The van der Waals surface area contributed by atoms with Crippen LogP contribution in [-0.4, -0.2) is 36.7 Å². The summed E-state index contributed by atoms with van der Waals surface area (Å²) in [6.45, 7) is 0.418. The molecule has 31 heavy (non-hydrogen) atoms. The Kier molecular flexibility index (Phi) is 6.18. The van der Waals surface area contributed by atoms with Crippen molar-refractivity contribution in [3.05, 3.63) is 77.7 Å². The molecule has 8 heteroatoms. The average Bonchev–Trinajstić information content (AvgIpc) is 3.44. The maximum Gasteiger partial charge on any atom is 0.255 e. The van der Waals surface area contributed by atoms with E-state index in [4.69, 9.17) is 13.9 Å². The second-order valence-corrected chi connectivity index (χ2v) is 7.98. The van der Waals surface area contributed by atoms with Crippen molar-refractivity contribution >= 4 is 29.3 Å². The number of hydrogen-bond acceptors (Lipinski definition) is 6. The fourth-order valence-electron chi connectivity index (χ4n) is 3.38. The van der Waals surface area contributed by atoms with Crippen molar-refractivity contribution in [1.82, 2.24) is 4.90 Å². The molecule has 0 spiro atoms. The van der Waals surface area contributed by atoms with E-state index >= 15 is 0 Å². The van der Waals surface area contributed by atoms with Gasteiger partial charge in [0.15, 0.2) is 0 Å². The van der Waals surface area contributed by atoms with Gasteiger partial charge in [0.05, 0.1) is 38.5 Å². The Hall–Kier alpha value is -3.39. The van der Waals surface area contributed by atoms with Crippen LogP contribution in [0.4, 0.5) is 5.69 Å². The number of benzene rings is 2. The predicted octanol–water partition coefficient (Wildman–Crippen LogP) is 4.32. The number of ether oxygens (including phenoxy) is 2. The summed E-state index contributed by atoms with van der Waals surface area (Å²) in [5, 5.41) is 2.74. The van der Waals surface area contributed by atoms with E-state index in [2.05, 4.69) is 5.32 Å². The first kappa shape index (κ1) is 20.9. The molecule has 3 aromatic rings. The van der Waals surface area contributed by atoms with E-state index < -0.39 is 0 Å². The van der Waals surface area contributed by atoms with Gasteiger partial charge in [-0.05, 0) is 42.0 Å². The van der Waals surface area contributed by atoms with Crippen LogP contribution in [0.25, 0.3) is 0 Å². The first-order valence-electron chi connectivity index (χ1n) is 9.66. The molecule has 1 aromatic heterocycles. The van der Waals surface area contributed by atoms with Gasteiger partial charge in [0, 0.05) is 11.6 Å². The number of nitrogens with one attached hydrogen (secondary N) is 1. The van der Waals surface area contributed by atoms with Gasteiger partial charge in [-0.3, -0.25) is 9.59 Å². The van der Waals surface area contributed by atoms with Gasteiger partial charge in [-0.2, -0.15) is 0 Å². The standard InChI is InChI=1S/C23H22N2O5S/c1-28-17-9-10-20(29-2)19(12-17)24-22(27)15-5-7-16(8-6-15)23-25(21(26)14-31-23)13-18-4-3-11-30-18/h3-12,23H,13-14H2,1-2H3,(H,24,27). The van der Waals surface area contributed by atoms with E-state index in [1.165, 1.54) is 0 Å². The summed E-state index contributed by atoms with van der Waals surface area (Å²) in [7, 11) is 3.11. The molecular formula is C23H22N2O5S. The largest absolute Gasteiger partial charge is 0.497 e. The maximum absolute atomic E-state index is 12.8. The molecule has 2 aromatic carbocycles. The predicted molar refractivity (Wildman–Crippen MR) is 118 cm³/mol. The second-order valence-electron chi connectivity index (χ2n) is 6.91. The summed E-state index contributed by atoms with van der Waals surface area (Å²) < 4.78 is 15.9. The van der Waals surface area contributed by atoms with Crippen LogP contribution in [0.2, 0.25) is 0 Å². The number of thioether (sulfide) groups is 1. The van der Waals surface area contributed by atoms with E-state index in [1.807, 2.05) is 24.3 Å². The smallest absolute Gasteiger partial charge is 0.255 e. The van der Waals surface area contributed by atoms with Gasteiger partial charge >= 0.3 is 0 Å². The maximum atomic E-state index is 12.8. The molecule has 1 saturated heterocycles. The number of nitrogens with zero attached hydrogens (tertiary/aromatic N) is 1. The average molecular weight is 439 g/mol. The van der Waals surface area contributed by atoms with Crippen LogP contribution in [0.3, 0.4) is 0 Å². The topological polar surface area (TPSA) is 81.0 Å². The minimum absolute atomic E-state index is 0.0679. The second kappa shape index (κ2) is 9.18. The third kappa shape index (κ3) is 4.54. The van der Waals surface area contributed by atoms with Crippen LogP contribution in [0.5, 0.6) is 11.5 Å². The highest BCUT2D eigenvalue weighted by Crippen LogP contribution is 2.39. The summed E-state index contributed by atoms with van der Waals surface area (Å²) in [5.74, 6) is 2.12. The van der Waals surface area contributed by atoms with Gasteiger partial charge in [0.1, 0.15) is 22.6 Å². The van der Waals surface area contributed by atoms with E-state index in [0.717, 1.165) is 11.3 Å². The molecule has 1 aliphatic heterocycles. The zero-order chi connectivity index (χ0) is 21.8. The van der Waals surface area contributed by atoms with Crippen molar-refractivity contribution in [3.63, 3.8) is 0 Å². The molecule has 1 N–H and O–H groups in total. The summed E-state index contributed by atoms with van der Waals surface area (Å²) >= 11 is 1.56. The zero-order valence-corrected chi connectivity index (χ0v) is 18.0. The number of carbonyl (C=O) groups is 2. The minimum atomic E-state index is -0.263. The molecule has 1 fully saturated rings. The van der Waals surface area contributed by atoms with Gasteiger partial charge in [-0.15, -0.1) is 11.8 Å². The molecule has 1 unspecified atom stereocenters. The molecule has 160 valence electrons. The van der Waals surface area contributed by atoms with E-state index in [0.29, 0.717) is 35.0 Å². The Morgan fingerprint density at radius 2 is 1.97 bits per heavy atom. The monoisotopic (exact) mass is 438 g/mol. The van der Waals surface area contributed by atoms with Crippen molar-refractivity contribution in [3.8, 4) is 11.5 Å². The number of amides is 2. The van der Waals surface area contributed by atoms with Crippen LogP contribution in [0.1, 0.15) is 27.1 Å². The highest BCUT2D eigenvalue weighted by Gasteiger charge is 2.33. The summed E-state index contributed by atoms with van der Waals surface area (Å²) in [5.41, 5.74) is 1.98. The van der Waals surface area contributed by atoms with Gasteiger partial charge in [-0.25, -0.2) is 0 Å². The summed E-state index contributed by atoms with van der Waals surface area (Å²) in [6, 6.07) is 16.1. The lowest BCUT2D eigenvalue weighted by atomic mass is 10.1. The number of anilines is 1. The van der Waals surface area contributed by atoms with Crippen molar-refractivity contribution in [1.29, 1.82) is 0 Å². The molecule has 0 bridgehead atoms. The van der Waals surface area contributed by atoms with Crippen molar-refractivity contribution in [2.75, 3.05) is 25.3 Å². The zero-order valence-electron chi connectivity index (χ0n) is 17.2. The normalized spacial score (nSPS) is 15.7. The molecule has 1 atom stereocenters.